The first kappa shape index (κ1) is 14.2. The van der Waals surface area contributed by atoms with Crippen molar-refractivity contribution in [3.63, 3.8) is 0 Å². The first-order valence-electron chi connectivity index (χ1n) is 7.00. The summed E-state index contributed by atoms with van der Waals surface area (Å²) in [7, 11) is 0. The van der Waals surface area contributed by atoms with Gasteiger partial charge in [-0.1, -0.05) is 13.8 Å². The van der Waals surface area contributed by atoms with Gasteiger partial charge >= 0.3 is 0 Å². The van der Waals surface area contributed by atoms with Crippen molar-refractivity contribution in [3.8, 4) is 0 Å². The van der Waals surface area contributed by atoms with Crippen LogP contribution in [0.5, 0.6) is 0 Å². The third kappa shape index (κ3) is 4.50. The third-order valence-electron chi connectivity index (χ3n) is 3.20. The third-order valence-corrected chi connectivity index (χ3v) is 3.20. The van der Waals surface area contributed by atoms with Crippen LogP contribution in [0.1, 0.15) is 51.9 Å². The zero-order chi connectivity index (χ0) is 12.7. The monoisotopic (exact) mass is 237 g/mol. The Labute approximate surface area is 106 Å². The van der Waals surface area contributed by atoms with Crippen molar-refractivity contribution < 1.29 is 0 Å². The lowest BCUT2D eigenvalue weighted by Crippen LogP contribution is -2.25. The van der Waals surface area contributed by atoms with E-state index in [1.54, 1.807) is 0 Å². The van der Waals surface area contributed by atoms with Crippen LogP contribution in [0.15, 0.2) is 6.07 Å². The van der Waals surface area contributed by atoms with Crippen LogP contribution in [-0.2, 0) is 19.4 Å². The number of hydrogen-bond donors (Lipinski definition) is 1. The molecule has 0 aromatic carbocycles. The van der Waals surface area contributed by atoms with Crippen LogP contribution in [0, 0.1) is 0 Å². The summed E-state index contributed by atoms with van der Waals surface area (Å²) in [6.45, 7) is 10.8. The van der Waals surface area contributed by atoms with Crippen molar-refractivity contribution in [3.05, 3.63) is 17.5 Å². The number of rotatable bonds is 8. The Hall–Kier alpha value is -0.830. The zero-order valence-corrected chi connectivity index (χ0v) is 11.8. The topological polar surface area (TPSA) is 29.9 Å². The molecule has 1 aromatic rings. The average molecular weight is 237 g/mol. The molecular formula is C14H27N3. The van der Waals surface area contributed by atoms with Gasteiger partial charge in [-0.15, -0.1) is 0 Å². The lowest BCUT2D eigenvalue weighted by Gasteiger charge is -2.11. The minimum atomic E-state index is 0.628. The lowest BCUT2D eigenvalue weighted by molar-refractivity contribution is 0.503. The van der Waals surface area contributed by atoms with E-state index >= 15 is 0 Å². The van der Waals surface area contributed by atoms with E-state index in [1.165, 1.54) is 24.2 Å². The van der Waals surface area contributed by atoms with Crippen LogP contribution in [0.25, 0.3) is 0 Å². The molecule has 0 aliphatic carbocycles. The van der Waals surface area contributed by atoms with Crippen LogP contribution < -0.4 is 5.32 Å². The van der Waals surface area contributed by atoms with Gasteiger partial charge < -0.3 is 5.32 Å². The summed E-state index contributed by atoms with van der Waals surface area (Å²) in [6.07, 6.45) is 4.66. The second-order valence-corrected chi connectivity index (χ2v) is 4.65. The summed E-state index contributed by atoms with van der Waals surface area (Å²) >= 11 is 0. The molecule has 1 heterocycles. The molecule has 1 atom stereocenters. The molecule has 1 rings (SSSR count). The van der Waals surface area contributed by atoms with E-state index in [0.29, 0.717) is 6.04 Å². The molecule has 0 aliphatic rings. The van der Waals surface area contributed by atoms with Gasteiger partial charge in [0.15, 0.2) is 0 Å². The molecule has 3 nitrogen and oxygen atoms in total. The van der Waals surface area contributed by atoms with E-state index in [4.69, 9.17) is 0 Å². The van der Waals surface area contributed by atoms with Gasteiger partial charge in [0.05, 0.1) is 5.69 Å². The maximum atomic E-state index is 4.58. The van der Waals surface area contributed by atoms with Gasteiger partial charge in [0, 0.05) is 18.3 Å². The molecule has 0 amide bonds. The summed E-state index contributed by atoms with van der Waals surface area (Å²) in [5.74, 6) is 0. The molecule has 0 fully saturated rings. The predicted molar refractivity (Wildman–Crippen MR) is 73.4 cm³/mol. The SMILES string of the molecule is CCNC(C)CCCc1cc(CC)nn1CC. The molecule has 1 aromatic heterocycles. The van der Waals surface area contributed by atoms with Crippen molar-refractivity contribution >= 4 is 0 Å². The van der Waals surface area contributed by atoms with Crippen molar-refractivity contribution in [2.24, 2.45) is 0 Å². The first-order valence-corrected chi connectivity index (χ1v) is 7.00. The molecule has 0 spiro atoms. The molecule has 98 valence electrons. The van der Waals surface area contributed by atoms with E-state index in [-0.39, 0.29) is 0 Å². The van der Waals surface area contributed by atoms with E-state index in [0.717, 1.165) is 25.9 Å². The highest BCUT2D eigenvalue weighted by molar-refractivity contribution is 5.10. The van der Waals surface area contributed by atoms with Crippen LogP contribution >= 0.6 is 0 Å². The summed E-state index contributed by atoms with van der Waals surface area (Å²) < 4.78 is 2.15. The molecule has 3 heteroatoms. The van der Waals surface area contributed by atoms with Crippen molar-refractivity contribution in [2.75, 3.05) is 6.54 Å². The Morgan fingerprint density at radius 2 is 2.12 bits per heavy atom. The maximum absolute atomic E-state index is 4.58. The Balaban J connectivity index is 2.42. The Bertz CT molecular complexity index is 317. The lowest BCUT2D eigenvalue weighted by atomic mass is 10.1. The average Bonchev–Trinajstić information content (AvgIpc) is 2.72. The smallest absolute Gasteiger partial charge is 0.0624 e. The molecule has 0 radical (unpaired) electrons. The fourth-order valence-electron chi connectivity index (χ4n) is 2.20. The van der Waals surface area contributed by atoms with Crippen LogP contribution in [0.3, 0.4) is 0 Å². The minimum absolute atomic E-state index is 0.628. The molecule has 0 saturated carbocycles. The van der Waals surface area contributed by atoms with Gasteiger partial charge in [-0.25, -0.2) is 0 Å². The fraction of sp³-hybridized carbons (Fsp3) is 0.786. The van der Waals surface area contributed by atoms with E-state index < -0.39 is 0 Å². The summed E-state index contributed by atoms with van der Waals surface area (Å²) in [5.41, 5.74) is 2.62. The van der Waals surface area contributed by atoms with E-state index in [9.17, 15) is 0 Å². The molecular weight excluding hydrogens is 210 g/mol. The summed E-state index contributed by atoms with van der Waals surface area (Å²) in [5, 5.41) is 8.04. The Morgan fingerprint density at radius 3 is 2.71 bits per heavy atom. The van der Waals surface area contributed by atoms with Crippen molar-refractivity contribution in [2.45, 2.75) is 66.0 Å². The van der Waals surface area contributed by atoms with Crippen LogP contribution in [-0.4, -0.2) is 22.4 Å². The number of nitrogens with one attached hydrogen (secondary N) is 1. The molecule has 1 N–H and O–H groups in total. The van der Waals surface area contributed by atoms with Gasteiger partial charge in [-0.05, 0) is 52.1 Å². The van der Waals surface area contributed by atoms with Gasteiger partial charge in [-0.2, -0.15) is 5.10 Å². The molecule has 0 saturated heterocycles. The van der Waals surface area contributed by atoms with Crippen LogP contribution in [0.2, 0.25) is 0 Å². The number of nitrogens with zero attached hydrogens (tertiary/aromatic N) is 2. The van der Waals surface area contributed by atoms with Gasteiger partial charge in [0.2, 0.25) is 0 Å². The van der Waals surface area contributed by atoms with Gasteiger partial charge in [0.25, 0.3) is 0 Å². The van der Waals surface area contributed by atoms with Crippen molar-refractivity contribution in [1.82, 2.24) is 15.1 Å². The Kier molecular flexibility index (Phi) is 6.27. The molecule has 1 unspecified atom stereocenters. The second-order valence-electron chi connectivity index (χ2n) is 4.65. The highest BCUT2D eigenvalue weighted by atomic mass is 15.3. The summed E-state index contributed by atoms with van der Waals surface area (Å²) in [6, 6.07) is 2.89. The van der Waals surface area contributed by atoms with Crippen LogP contribution in [0.4, 0.5) is 0 Å². The second kappa shape index (κ2) is 7.49. The fourth-order valence-corrected chi connectivity index (χ4v) is 2.20. The van der Waals surface area contributed by atoms with Crippen molar-refractivity contribution in [1.29, 1.82) is 0 Å². The van der Waals surface area contributed by atoms with Gasteiger partial charge in [0.1, 0.15) is 0 Å². The molecule has 0 bridgehead atoms. The van der Waals surface area contributed by atoms with E-state index in [1.807, 2.05) is 0 Å². The number of aryl methyl sites for hydroxylation is 3. The number of hydrogen-bond acceptors (Lipinski definition) is 2. The largest absolute Gasteiger partial charge is 0.315 e. The zero-order valence-electron chi connectivity index (χ0n) is 11.8. The highest BCUT2D eigenvalue weighted by Gasteiger charge is 2.06. The highest BCUT2D eigenvalue weighted by Crippen LogP contribution is 2.10. The molecule has 0 aliphatic heterocycles. The normalized spacial score (nSPS) is 12.9. The predicted octanol–water partition coefficient (Wildman–Crippen LogP) is 2.79. The van der Waals surface area contributed by atoms with Gasteiger partial charge in [-0.3, -0.25) is 4.68 Å². The van der Waals surface area contributed by atoms with E-state index in [2.05, 4.69) is 48.9 Å². The summed E-state index contributed by atoms with van der Waals surface area (Å²) in [4.78, 5) is 0. The quantitative estimate of drug-likeness (QED) is 0.753. The molecule has 17 heavy (non-hydrogen) atoms. The Morgan fingerprint density at radius 1 is 1.35 bits per heavy atom. The maximum Gasteiger partial charge on any atom is 0.0624 e. The first-order chi connectivity index (χ1) is 8.21. The standard InChI is InChI=1S/C14H27N3/c1-5-13-11-14(17(7-3)16-13)10-8-9-12(4)15-6-2/h11-12,15H,5-10H2,1-4H3. The number of aromatic nitrogens is 2. The minimum Gasteiger partial charge on any atom is -0.315 e.